The van der Waals surface area contributed by atoms with Crippen LogP contribution in [0.3, 0.4) is 0 Å². The first kappa shape index (κ1) is 16.2. The molecular formula is C15H25N3O2S. The Morgan fingerprint density at radius 1 is 1.43 bits per heavy atom. The summed E-state index contributed by atoms with van der Waals surface area (Å²) in [4.78, 5) is 6.88. The van der Waals surface area contributed by atoms with E-state index in [0.29, 0.717) is 16.8 Å². The van der Waals surface area contributed by atoms with Crippen LogP contribution in [0, 0.1) is 0 Å². The van der Waals surface area contributed by atoms with E-state index in [1.165, 1.54) is 12.7 Å². The van der Waals surface area contributed by atoms with E-state index in [1.54, 1.807) is 18.3 Å². The average Bonchev–Trinajstić information content (AvgIpc) is 2.47. The molecule has 0 spiro atoms. The van der Waals surface area contributed by atoms with Gasteiger partial charge < -0.3 is 10.2 Å². The highest BCUT2D eigenvalue weighted by atomic mass is 32.2. The minimum absolute atomic E-state index is 0.320. The SMILES string of the molecule is CCCNCC1CCCCN1c1ncccc1S(C)(=O)=O. The number of rotatable bonds is 6. The van der Waals surface area contributed by atoms with Crippen LogP contribution in [0.25, 0.3) is 0 Å². The normalized spacial score (nSPS) is 19.7. The van der Waals surface area contributed by atoms with Crippen molar-refractivity contribution in [2.75, 3.05) is 30.8 Å². The second kappa shape index (κ2) is 7.22. The van der Waals surface area contributed by atoms with Crippen molar-refractivity contribution in [2.24, 2.45) is 0 Å². The van der Waals surface area contributed by atoms with Gasteiger partial charge in [-0.25, -0.2) is 13.4 Å². The van der Waals surface area contributed by atoms with Gasteiger partial charge in [0.15, 0.2) is 9.84 Å². The lowest BCUT2D eigenvalue weighted by atomic mass is 10.0. The standard InChI is InChI=1S/C15H25N3O2S/c1-3-9-16-12-13-7-4-5-11-18(13)15-14(21(2,19)20)8-6-10-17-15/h6,8,10,13,16H,3-5,7,9,11-12H2,1-2H3. The smallest absolute Gasteiger partial charge is 0.179 e. The van der Waals surface area contributed by atoms with Crippen LogP contribution in [-0.2, 0) is 9.84 Å². The van der Waals surface area contributed by atoms with E-state index in [9.17, 15) is 8.42 Å². The maximum absolute atomic E-state index is 12.0. The fourth-order valence-electron chi connectivity index (χ4n) is 2.82. The lowest BCUT2D eigenvalue weighted by molar-refractivity contribution is 0.430. The zero-order chi connectivity index (χ0) is 15.3. The van der Waals surface area contributed by atoms with Crippen molar-refractivity contribution < 1.29 is 8.42 Å². The van der Waals surface area contributed by atoms with Gasteiger partial charge in [-0.1, -0.05) is 6.92 Å². The van der Waals surface area contributed by atoms with Gasteiger partial charge >= 0.3 is 0 Å². The summed E-state index contributed by atoms with van der Waals surface area (Å²) in [6.45, 7) is 4.89. The molecule has 1 aliphatic rings. The summed E-state index contributed by atoms with van der Waals surface area (Å²) in [5.74, 6) is 0.614. The molecular weight excluding hydrogens is 286 g/mol. The first-order chi connectivity index (χ1) is 10.0. The van der Waals surface area contributed by atoms with Crippen LogP contribution in [0.5, 0.6) is 0 Å². The van der Waals surface area contributed by atoms with Crippen LogP contribution in [0.4, 0.5) is 5.82 Å². The van der Waals surface area contributed by atoms with E-state index in [1.807, 2.05) is 0 Å². The molecule has 2 heterocycles. The second-order valence-corrected chi connectivity index (χ2v) is 7.63. The first-order valence-corrected chi connectivity index (χ1v) is 9.55. The zero-order valence-electron chi connectivity index (χ0n) is 12.9. The van der Waals surface area contributed by atoms with E-state index in [-0.39, 0.29) is 0 Å². The molecule has 1 N–H and O–H groups in total. The van der Waals surface area contributed by atoms with Crippen LogP contribution >= 0.6 is 0 Å². The molecule has 118 valence electrons. The molecule has 0 aromatic carbocycles. The molecule has 1 saturated heterocycles. The van der Waals surface area contributed by atoms with E-state index in [4.69, 9.17) is 0 Å². The van der Waals surface area contributed by atoms with E-state index < -0.39 is 9.84 Å². The summed E-state index contributed by atoms with van der Waals surface area (Å²) in [5, 5.41) is 3.44. The van der Waals surface area contributed by atoms with Gasteiger partial charge in [0.25, 0.3) is 0 Å². The van der Waals surface area contributed by atoms with Crippen molar-refractivity contribution in [3.05, 3.63) is 18.3 Å². The fraction of sp³-hybridized carbons (Fsp3) is 0.667. The van der Waals surface area contributed by atoms with Gasteiger partial charge in [-0.15, -0.1) is 0 Å². The van der Waals surface area contributed by atoms with Crippen molar-refractivity contribution >= 4 is 15.7 Å². The number of sulfone groups is 1. The number of nitrogens with zero attached hydrogens (tertiary/aromatic N) is 2. The van der Waals surface area contributed by atoms with E-state index >= 15 is 0 Å². The Kier molecular flexibility index (Phi) is 5.58. The van der Waals surface area contributed by atoms with Crippen molar-refractivity contribution in [2.45, 2.75) is 43.5 Å². The number of hydrogen-bond donors (Lipinski definition) is 1. The Balaban J connectivity index is 2.25. The molecule has 5 nitrogen and oxygen atoms in total. The minimum Gasteiger partial charge on any atom is -0.351 e. The van der Waals surface area contributed by atoms with Gasteiger partial charge in [0, 0.05) is 31.6 Å². The quantitative estimate of drug-likeness (QED) is 0.812. The number of anilines is 1. The number of pyridine rings is 1. The summed E-state index contributed by atoms with van der Waals surface area (Å²) in [7, 11) is -3.26. The lowest BCUT2D eigenvalue weighted by Gasteiger charge is -2.37. The Morgan fingerprint density at radius 2 is 2.24 bits per heavy atom. The Labute approximate surface area is 127 Å². The summed E-state index contributed by atoms with van der Waals surface area (Å²) in [6.07, 6.45) is 7.39. The lowest BCUT2D eigenvalue weighted by Crippen LogP contribution is -2.46. The molecule has 2 rings (SSSR count). The zero-order valence-corrected chi connectivity index (χ0v) is 13.7. The van der Waals surface area contributed by atoms with Crippen LogP contribution < -0.4 is 10.2 Å². The molecule has 6 heteroatoms. The Hall–Kier alpha value is -1.14. The molecule has 1 aliphatic heterocycles. The van der Waals surface area contributed by atoms with Crippen molar-refractivity contribution in [1.82, 2.24) is 10.3 Å². The molecule has 0 aliphatic carbocycles. The molecule has 0 bridgehead atoms. The molecule has 21 heavy (non-hydrogen) atoms. The predicted octanol–water partition coefficient (Wildman–Crippen LogP) is 1.84. The summed E-state index contributed by atoms with van der Waals surface area (Å²) >= 11 is 0. The third-order valence-corrected chi connectivity index (χ3v) is 4.97. The van der Waals surface area contributed by atoms with Gasteiger partial charge in [0.2, 0.25) is 0 Å². The van der Waals surface area contributed by atoms with Gasteiger partial charge in [-0.2, -0.15) is 0 Å². The highest BCUT2D eigenvalue weighted by Crippen LogP contribution is 2.28. The van der Waals surface area contributed by atoms with Gasteiger partial charge in [0.05, 0.1) is 0 Å². The maximum atomic E-state index is 12.0. The highest BCUT2D eigenvalue weighted by Gasteiger charge is 2.27. The number of piperidine rings is 1. The minimum atomic E-state index is -3.26. The fourth-order valence-corrected chi connectivity index (χ4v) is 3.65. The maximum Gasteiger partial charge on any atom is 0.179 e. The number of aromatic nitrogens is 1. The van der Waals surface area contributed by atoms with Crippen molar-refractivity contribution in [3.63, 3.8) is 0 Å². The van der Waals surface area contributed by atoms with Crippen LogP contribution in [0.1, 0.15) is 32.6 Å². The Morgan fingerprint density at radius 3 is 2.95 bits per heavy atom. The van der Waals surface area contributed by atoms with Gasteiger partial charge in [0.1, 0.15) is 10.7 Å². The second-order valence-electron chi connectivity index (χ2n) is 5.64. The molecule has 0 saturated carbocycles. The predicted molar refractivity (Wildman–Crippen MR) is 85.5 cm³/mol. The average molecular weight is 311 g/mol. The van der Waals surface area contributed by atoms with Crippen molar-refractivity contribution in [3.8, 4) is 0 Å². The Bertz CT molecular complexity index is 560. The largest absolute Gasteiger partial charge is 0.351 e. The van der Waals surface area contributed by atoms with E-state index in [0.717, 1.165) is 38.9 Å². The topological polar surface area (TPSA) is 62.3 Å². The number of hydrogen-bond acceptors (Lipinski definition) is 5. The molecule has 1 unspecified atom stereocenters. The molecule has 0 amide bonds. The third kappa shape index (κ3) is 4.17. The van der Waals surface area contributed by atoms with Crippen molar-refractivity contribution in [1.29, 1.82) is 0 Å². The van der Waals surface area contributed by atoms with Crippen LogP contribution in [0.2, 0.25) is 0 Å². The monoisotopic (exact) mass is 311 g/mol. The molecule has 1 aromatic heterocycles. The van der Waals surface area contributed by atoms with E-state index in [2.05, 4.69) is 22.1 Å². The highest BCUT2D eigenvalue weighted by molar-refractivity contribution is 7.90. The number of nitrogens with one attached hydrogen (secondary N) is 1. The molecule has 1 atom stereocenters. The molecule has 0 radical (unpaired) electrons. The summed E-state index contributed by atoms with van der Waals surface area (Å²) in [5.41, 5.74) is 0. The molecule has 1 aromatic rings. The van der Waals surface area contributed by atoms with Gasteiger partial charge in [-0.05, 0) is 44.4 Å². The van der Waals surface area contributed by atoms with Crippen LogP contribution in [0.15, 0.2) is 23.2 Å². The molecule has 1 fully saturated rings. The summed E-state index contributed by atoms with van der Waals surface area (Å²) in [6, 6.07) is 3.66. The third-order valence-electron chi connectivity index (χ3n) is 3.86. The summed E-state index contributed by atoms with van der Waals surface area (Å²) < 4.78 is 24.0. The van der Waals surface area contributed by atoms with Gasteiger partial charge in [-0.3, -0.25) is 0 Å². The first-order valence-electron chi connectivity index (χ1n) is 7.66. The van der Waals surface area contributed by atoms with Crippen LogP contribution in [-0.4, -0.2) is 45.3 Å².